The van der Waals surface area contributed by atoms with E-state index in [0.717, 1.165) is 13.0 Å². The summed E-state index contributed by atoms with van der Waals surface area (Å²) >= 11 is 0. The molecule has 0 saturated heterocycles. The Morgan fingerprint density at radius 3 is 2.87 bits per heavy atom. The molecule has 1 aliphatic rings. The number of nitrogens with one attached hydrogen (secondary N) is 1. The summed E-state index contributed by atoms with van der Waals surface area (Å²) in [6.07, 6.45) is 0.958. The Kier molecular flexibility index (Phi) is 2.27. The first-order valence-electron chi connectivity index (χ1n) is 5.19. The summed E-state index contributed by atoms with van der Waals surface area (Å²) in [6.45, 7) is 5.24. The molecule has 0 unspecified atom stereocenters. The van der Waals surface area contributed by atoms with Crippen molar-refractivity contribution in [3.63, 3.8) is 0 Å². The molecular weight excluding hydrogens is 188 g/mol. The molecule has 3 nitrogen and oxygen atoms in total. The Labute approximate surface area is 89.7 Å². The van der Waals surface area contributed by atoms with Gasteiger partial charge in [0.15, 0.2) is 0 Å². The molecule has 0 bridgehead atoms. The third-order valence-corrected chi connectivity index (χ3v) is 3.02. The highest BCUT2D eigenvalue weighted by Gasteiger charge is 2.26. The average molecular weight is 204 g/mol. The van der Waals surface area contributed by atoms with Crippen molar-refractivity contribution < 1.29 is 4.79 Å². The average Bonchev–Trinajstić information content (AvgIpc) is 2.16. The number of fused-ring (bicyclic) bond motifs is 1. The second kappa shape index (κ2) is 3.35. The van der Waals surface area contributed by atoms with E-state index >= 15 is 0 Å². The van der Waals surface area contributed by atoms with Crippen LogP contribution in [0, 0.1) is 0 Å². The van der Waals surface area contributed by atoms with E-state index in [1.807, 2.05) is 12.1 Å². The molecule has 1 heterocycles. The fourth-order valence-electron chi connectivity index (χ4n) is 2.17. The van der Waals surface area contributed by atoms with E-state index < -0.39 is 0 Å². The Morgan fingerprint density at radius 2 is 2.20 bits per heavy atom. The van der Waals surface area contributed by atoms with Crippen LogP contribution in [0.3, 0.4) is 0 Å². The highest BCUT2D eigenvalue weighted by Crippen LogP contribution is 2.28. The number of benzene rings is 1. The van der Waals surface area contributed by atoms with Crippen LogP contribution in [0.15, 0.2) is 18.2 Å². The summed E-state index contributed by atoms with van der Waals surface area (Å²) in [7, 11) is 0. The lowest BCUT2D eigenvalue weighted by molar-refractivity contribution is 0.1000. The predicted molar refractivity (Wildman–Crippen MR) is 59.7 cm³/mol. The molecule has 1 aromatic rings. The third-order valence-electron chi connectivity index (χ3n) is 3.02. The van der Waals surface area contributed by atoms with Gasteiger partial charge in [0.1, 0.15) is 0 Å². The molecule has 3 N–H and O–H groups in total. The van der Waals surface area contributed by atoms with E-state index in [0.29, 0.717) is 5.56 Å². The first-order valence-corrected chi connectivity index (χ1v) is 5.19. The molecule has 1 amide bonds. The zero-order valence-electron chi connectivity index (χ0n) is 9.13. The van der Waals surface area contributed by atoms with Crippen LogP contribution in [0.5, 0.6) is 0 Å². The minimum absolute atomic E-state index is 0.0102. The summed E-state index contributed by atoms with van der Waals surface area (Å²) in [4.78, 5) is 11.1. The van der Waals surface area contributed by atoms with Crippen molar-refractivity contribution in [1.29, 1.82) is 0 Å². The lowest BCUT2D eigenvalue weighted by atomic mass is 9.84. The van der Waals surface area contributed by atoms with Gasteiger partial charge in [-0.1, -0.05) is 6.07 Å². The number of primary amides is 1. The molecule has 0 saturated carbocycles. The molecular formula is C12H16N2O. The Hall–Kier alpha value is -1.35. The number of rotatable bonds is 1. The van der Waals surface area contributed by atoms with Crippen LogP contribution in [-0.2, 0) is 12.0 Å². The second-order valence-corrected chi connectivity index (χ2v) is 4.54. The number of nitrogens with two attached hydrogens (primary N) is 1. The number of hydrogen-bond acceptors (Lipinski definition) is 2. The summed E-state index contributed by atoms with van der Waals surface area (Å²) in [6, 6.07) is 5.72. The van der Waals surface area contributed by atoms with Crippen molar-refractivity contribution in [3.05, 3.63) is 34.9 Å². The van der Waals surface area contributed by atoms with E-state index in [2.05, 4.69) is 19.2 Å². The third kappa shape index (κ3) is 1.75. The normalized spacial score (nSPS) is 18.3. The smallest absolute Gasteiger partial charge is 0.248 e. The Bertz CT molecular complexity index is 410. The van der Waals surface area contributed by atoms with Gasteiger partial charge in [-0.15, -0.1) is 0 Å². The Morgan fingerprint density at radius 1 is 1.47 bits per heavy atom. The first-order chi connectivity index (χ1) is 7.00. The first kappa shape index (κ1) is 10.2. The van der Waals surface area contributed by atoms with Crippen LogP contribution >= 0.6 is 0 Å². The highest BCUT2D eigenvalue weighted by atomic mass is 16.1. The van der Waals surface area contributed by atoms with Gasteiger partial charge in [0, 0.05) is 11.1 Å². The number of carbonyl (C=O) groups is 1. The van der Waals surface area contributed by atoms with Crippen molar-refractivity contribution >= 4 is 5.91 Å². The number of carbonyl (C=O) groups excluding carboxylic acids is 1. The van der Waals surface area contributed by atoms with Crippen LogP contribution in [0.1, 0.15) is 35.3 Å². The van der Waals surface area contributed by atoms with E-state index in [1.165, 1.54) is 11.1 Å². The molecule has 80 valence electrons. The molecule has 1 aromatic carbocycles. The summed E-state index contributed by atoms with van der Waals surface area (Å²) in [5.74, 6) is -0.353. The van der Waals surface area contributed by atoms with E-state index in [9.17, 15) is 4.79 Å². The van der Waals surface area contributed by atoms with Crippen molar-refractivity contribution in [2.45, 2.75) is 25.8 Å². The quantitative estimate of drug-likeness (QED) is 0.721. The SMILES string of the molecule is CC1(C)NCCc2cc(C(N)=O)ccc21. The van der Waals surface area contributed by atoms with Gasteiger partial charge >= 0.3 is 0 Å². The van der Waals surface area contributed by atoms with Gasteiger partial charge < -0.3 is 11.1 Å². The summed E-state index contributed by atoms with van der Waals surface area (Å²) in [5, 5.41) is 3.45. The van der Waals surface area contributed by atoms with E-state index in [4.69, 9.17) is 5.73 Å². The van der Waals surface area contributed by atoms with Crippen LogP contribution in [0.2, 0.25) is 0 Å². The largest absolute Gasteiger partial charge is 0.366 e. The van der Waals surface area contributed by atoms with Gasteiger partial charge in [-0.2, -0.15) is 0 Å². The maximum Gasteiger partial charge on any atom is 0.248 e. The monoisotopic (exact) mass is 204 g/mol. The van der Waals surface area contributed by atoms with E-state index in [1.54, 1.807) is 6.07 Å². The zero-order valence-corrected chi connectivity index (χ0v) is 9.13. The van der Waals surface area contributed by atoms with Crippen LogP contribution in [-0.4, -0.2) is 12.5 Å². The molecule has 2 rings (SSSR count). The summed E-state index contributed by atoms with van der Waals surface area (Å²) in [5.41, 5.74) is 8.35. The standard InChI is InChI=1S/C12H16N2O/c1-12(2)10-4-3-9(11(13)15)7-8(10)5-6-14-12/h3-4,7,14H,5-6H2,1-2H3,(H2,13,15). The molecule has 0 aliphatic carbocycles. The van der Waals surface area contributed by atoms with Crippen LogP contribution in [0.4, 0.5) is 0 Å². The lowest BCUT2D eigenvalue weighted by Crippen LogP contribution is -2.42. The maximum atomic E-state index is 11.1. The van der Waals surface area contributed by atoms with Crippen LogP contribution in [0.25, 0.3) is 0 Å². The van der Waals surface area contributed by atoms with Gasteiger partial charge in [0.25, 0.3) is 0 Å². The minimum Gasteiger partial charge on any atom is -0.366 e. The van der Waals surface area contributed by atoms with Crippen molar-refractivity contribution in [2.24, 2.45) is 5.73 Å². The molecule has 1 aliphatic heterocycles. The molecule has 0 fully saturated rings. The molecule has 0 atom stereocenters. The fraction of sp³-hybridized carbons (Fsp3) is 0.417. The molecule has 0 spiro atoms. The van der Waals surface area contributed by atoms with Crippen LogP contribution < -0.4 is 11.1 Å². The maximum absolute atomic E-state index is 11.1. The lowest BCUT2D eigenvalue weighted by Gasteiger charge is -2.34. The van der Waals surface area contributed by atoms with Gasteiger partial charge in [-0.25, -0.2) is 0 Å². The molecule has 0 radical (unpaired) electrons. The molecule has 3 heteroatoms. The van der Waals surface area contributed by atoms with Crippen molar-refractivity contribution in [3.8, 4) is 0 Å². The van der Waals surface area contributed by atoms with Gasteiger partial charge in [0.05, 0.1) is 0 Å². The topological polar surface area (TPSA) is 55.1 Å². The molecule has 15 heavy (non-hydrogen) atoms. The Balaban J connectivity index is 2.50. The fourth-order valence-corrected chi connectivity index (χ4v) is 2.17. The zero-order chi connectivity index (χ0) is 11.1. The predicted octanol–water partition coefficient (Wildman–Crippen LogP) is 1.17. The number of amides is 1. The molecule has 0 aromatic heterocycles. The highest BCUT2D eigenvalue weighted by molar-refractivity contribution is 5.93. The minimum atomic E-state index is -0.353. The van der Waals surface area contributed by atoms with Gasteiger partial charge in [-0.3, -0.25) is 4.79 Å². The number of hydrogen-bond donors (Lipinski definition) is 2. The van der Waals surface area contributed by atoms with Gasteiger partial charge in [-0.05, 0) is 50.1 Å². The summed E-state index contributed by atoms with van der Waals surface area (Å²) < 4.78 is 0. The van der Waals surface area contributed by atoms with Gasteiger partial charge in [0.2, 0.25) is 5.91 Å². The van der Waals surface area contributed by atoms with E-state index in [-0.39, 0.29) is 11.4 Å². The second-order valence-electron chi connectivity index (χ2n) is 4.54. The van der Waals surface area contributed by atoms with Crippen molar-refractivity contribution in [2.75, 3.05) is 6.54 Å². The van der Waals surface area contributed by atoms with Crippen molar-refractivity contribution in [1.82, 2.24) is 5.32 Å².